The summed E-state index contributed by atoms with van der Waals surface area (Å²) in [6.45, 7) is 1.44. The van der Waals surface area contributed by atoms with Crippen LogP contribution in [0.1, 0.15) is 18.4 Å². The van der Waals surface area contributed by atoms with Crippen molar-refractivity contribution < 1.29 is 20.1 Å². The van der Waals surface area contributed by atoms with Crippen molar-refractivity contribution in [1.29, 1.82) is 0 Å². The lowest BCUT2D eigenvalue weighted by atomic mass is 10.1. The van der Waals surface area contributed by atoms with Gasteiger partial charge in [-0.25, -0.2) is 0 Å². The van der Waals surface area contributed by atoms with E-state index in [2.05, 4.69) is 10.6 Å². The van der Waals surface area contributed by atoms with Crippen LogP contribution in [0.5, 0.6) is 17.2 Å². The zero-order valence-electron chi connectivity index (χ0n) is 10.5. The van der Waals surface area contributed by atoms with Crippen molar-refractivity contribution in [2.24, 2.45) is 5.92 Å². The Morgan fingerprint density at radius 2 is 1.89 bits per heavy atom. The Balaban J connectivity index is 1.70. The molecule has 0 spiro atoms. The molecule has 1 saturated carbocycles. The highest BCUT2D eigenvalue weighted by atomic mass is 16.3. The summed E-state index contributed by atoms with van der Waals surface area (Å²) in [5.74, 6) is -0.876. The van der Waals surface area contributed by atoms with Gasteiger partial charge < -0.3 is 26.0 Å². The molecule has 19 heavy (non-hydrogen) atoms. The summed E-state index contributed by atoms with van der Waals surface area (Å²) in [5.41, 5.74) is 0.490. The number of aromatic hydroxyl groups is 3. The Hall–Kier alpha value is -1.95. The van der Waals surface area contributed by atoms with Crippen molar-refractivity contribution in [3.63, 3.8) is 0 Å². The monoisotopic (exact) mass is 266 g/mol. The van der Waals surface area contributed by atoms with Gasteiger partial charge in [0.25, 0.3) is 0 Å². The molecule has 1 fully saturated rings. The van der Waals surface area contributed by atoms with Gasteiger partial charge in [0.1, 0.15) is 0 Å². The topological polar surface area (TPSA) is 102 Å². The minimum atomic E-state index is -0.513. The molecule has 2 rings (SSSR count). The second-order valence-electron chi connectivity index (χ2n) is 4.68. The minimum Gasteiger partial charge on any atom is -0.504 e. The molecule has 1 aromatic rings. The van der Waals surface area contributed by atoms with Gasteiger partial charge in [-0.15, -0.1) is 0 Å². The van der Waals surface area contributed by atoms with Gasteiger partial charge in [0.2, 0.25) is 11.7 Å². The molecule has 104 valence electrons. The average Bonchev–Trinajstić information content (AvgIpc) is 3.22. The zero-order chi connectivity index (χ0) is 13.8. The lowest BCUT2D eigenvalue weighted by Gasteiger charge is -2.09. The molecule has 1 aliphatic carbocycles. The van der Waals surface area contributed by atoms with Crippen LogP contribution < -0.4 is 10.6 Å². The molecule has 0 aliphatic heterocycles. The Morgan fingerprint density at radius 1 is 1.16 bits per heavy atom. The predicted octanol–water partition coefficient (Wildman–Crippen LogP) is 0.419. The third-order valence-electron chi connectivity index (χ3n) is 3.08. The van der Waals surface area contributed by atoms with E-state index in [1.807, 2.05) is 0 Å². The van der Waals surface area contributed by atoms with Crippen molar-refractivity contribution in [2.75, 3.05) is 13.1 Å². The molecule has 0 heterocycles. The standard InChI is InChI=1S/C13H18N2O4/c16-10-4-3-9(11(17)12(10)18)7-14-5-6-15-13(19)8-1-2-8/h3-4,8,14,16-18H,1-2,5-7H2,(H,15,19). The van der Waals surface area contributed by atoms with E-state index in [0.29, 0.717) is 25.2 Å². The molecule has 5 N–H and O–H groups in total. The number of hydrogen-bond acceptors (Lipinski definition) is 5. The smallest absolute Gasteiger partial charge is 0.223 e. The molecule has 6 nitrogen and oxygen atoms in total. The number of benzene rings is 1. The molecule has 0 aromatic heterocycles. The number of nitrogens with one attached hydrogen (secondary N) is 2. The second kappa shape index (κ2) is 5.79. The summed E-state index contributed by atoms with van der Waals surface area (Å²) in [6.07, 6.45) is 1.97. The van der Waals surface area contributed by atoms with Gasteiger partial charge in [0.15, 0.2) is 11.5 Å². The quantitative estimate of drug-likeness (QED) is 0.379. The van der Waals surface area contributed by atoms with Gasteiger partial charge in [0.05, 0.1) is 0 Å². The van der Waals surface area contributed by atoms with E-state index in [1.54, 1.807) is 0 Å². The SMILES string of the molecule is O=C(NCCNCc1ccc(O)c(O)c1O)C1CC1. The molecule has 0 bridgehead atoms. The molecular formula is C13H18N2O4. The lowest BCUT2D eigenvalue weighted by Crippen LogP contribution is -2.32. The summed E-state index contributed by atoms with van der Waals surface area (Å²) in [7, 11) is 0. The maximum Gasteiger partial charge on any atom is 0.223 e. The van der Waals surface area contributed by atoms with Crippen LogP contribution in [0.3, 0.4) is 0 Å². The largest absolute Gasteiger partial charge is 0.504 e. The first-order valence-electron chi connectivity index (χ1n) is 6.31. The Labute approximate surface area is 111 Å². The normalized spacial score (nSPS) is 14.3. The minimum absolute atomic E-state index is 0.104. The lowest BCUT2D eigenvalue weighted by molar-refractivity contribution is -0.122. The summed E-state index contributed by atoms with van der Waals surface area (Å²) >= 11 is 0. The van der Waals surface area contributed by atoms with Gasteiger partial charge >= 0.3 is 0 Å². The summed E-state index contributed by atoms with van der Waals surface area (Å²) in [5, 5.41) is 34.0. The highest BCUT2D eigenvalue weighted by molar-refractivity contribution is 5.80. The predicted molar refractivity (Wildman–Crippen MR) is 68.9 cm³/mol. The van der Waals surface area contributed by atoms with Crippen molar-refractivity contribution >= 4 is 5.91 Å². The van der Waals surface area contributed by atoms with E-state index >= 15 is 0 Å². The van der Waals surface area contributed by atoms with E-state index < -0.39 is 5.75 Å². The molecule has 0 saturated heterocycles. The highest BCUT2D eigenvalue weighted by Crippen LogP contribution is 2.36. The third kappa shape index (κ3) is 3.51. The Kier molecular flexibility index (Phi) is 4.11. The van der Waals surface area contributed by atoms with E-state index in [-0.39, 0.29) is 23.3 Å². The van der Waals surface area contributed by atoms with Crippen LogP contribution in [0.25, 0.3) is 0 Å². The maximum absolute atomic E-state index is 11.3. The Bertz CT molecular complexity index is 472. The van der Waals surface area contributed by atoms with Crippen LogP contribution in [-0.4, -0.2) is 34.3 Å². The van der Waals surface area contributed by atoms with Gasteiger partial charge in [-0.3, -0.25) is 4.79 Å². The van der Waals surface area contributed by atoms with E-state index in [9.17, 15) is 20.1 Å². The number of phenolic OH excluding ortho intramolecular Hbond substituents is 3. The van der Waals surface area contributed by atoms with E-state index in [0.717, 1.165) is 12.8 Å². The maximum atomic E-state index is 11.3. The summed E-state index contributed by atoms with van der Waals surface area (Å²) < 4.78 is 0. The first-order chi connectivity index (χ1) is 9.09. The highest BCUT2D eigenvalue weighted by Gasteiger charge is 2.28. The van der Waals surface area contributed by atoms with Gasteiger partial charge in [0, 0.05) is 31.1 Å². The van der Waals surface area contributed by atoms with Crippen LogP contribution in [0.15, 0.2) is 12.1 Å². The summed E-state index contributed by atoms with van der Waals surface area (Å²) in [6, 6.07) is 2.85. The van der Waals surface area contributed by atoms with Gasteiger partial charge in [-0.05, 0) is 18.9 Å². The summed E-state index contributed by atoms with van der Waals surface area (Å²) in [4.78, 5) is 11.3. The van der Waals surface area contributed by atoms with Gasteiger partial charge in [-0.1, -0.05) is 6.07 Å². The van der Waals surface area contributed by atoms with Crippen LogP contribution >= 0.6 is 0 Å². The van der Waals surface area contributed by atoms with Crippen molar-refractivity contribution in [1.82, 2.24) is 10.6 Å². The first-order valence-corrected chi connectivity index (χ1v) is 6.31. The second-order valence-corrected chi connectivity index (χ2v) is 4.68. The fourth-order valence-corrected chi connectivity index (χ4v) is 1.74. The number of carbonyl (C=O) groups is 1. The Morgan fingerprint density at radius 3 is 2.58 bits per heavy atom. The first kappa shape index (κ1) is 13.5. The number of rotatable bonds is 6. The number of phenols is 3. The number of hydrogen-bond donors (Lipinski definition) is 5. The molecule has 1 aromatic carbocycles. The molecule has 0 atom stereocenters. The molecule has 6 heteroatoms. The van der Waals surface area contributed by atoms with Crippen LogP contribution in [0.4, 0.5) is 0 Å². The number of carbonyl (C=O) groups excluding carboxylic acids is 1. The fraction of sp³-hybridized carbons (Fsp3) is 0.462. The molecule has 0 unspecified atom stereocenters. The zero-order valence-corrected chi connectivity index (χ0v) is 10.5. The third-order valence-corrected chi connectivity index (χ3v) is 3.08. The van der Waals surface area contributed by atoms with E-state index in [1.165, 1.54) is 12.1 Å². The van der Waals surface area contributed by atoms with Gasteiger partial charge in [-0.2, -0.15) is 0 Å². The molecule has 1 amide bonds. The van der Waals surface area contributed by atoms with E-state index in [4.69, 9.17) is 0 Å². The van der Waals surface area contributed by atoms with Crippen LogP contribution in [0, 0.1) is 5.92 Å². The van der Waals surface area contributed by atoms with Crippen molar-refractivity contribution in [3.05, 3.63) is 17.7 Å². The fourth-order valence-electron chi connectivity index (χ4n) is 1.74. The van der Waals surface area contributed by atoms with Crippen LogP contribution in [-0.2, 0) is 11.3 Å². The van der Waals surface area contributed by atoms with Crippen molar-refractivity contribution in [2.45, 2.75) is 19.4 Å². The molecular weight excluding hydrogens is 248 g/mol. The average molecular weight is 266 g/mol. The molecule has 1 aliphatic rings. The molecule has 0 radical (unpaired) electrons. The number of amides is 1. The van der Waals surface area contributed by atoms with Crippen molar-refractivity contribution in [3.8, 4) is 17.2 Å². The van der Waals surface area contributed by atoms with Crippen LogP contribution in [0.2, 0.25) is 0 Å².